The van der Waals surface area contributed by atoms with E-state index in [0.717, 1.165) is 40.5 Å². The van der Waals surface area contributed by atoms with Crippen LogP contribution in [0.1, 0.15) is 35.9 Å². The number of anilines is 1. The van der Waals surface area contributed by atoms with Crippen molar-refractivity contribution in [2.75, 3.05) is 31.1 Å². The lowest BCUT2D eigenvalue weighted by molar-refractivity contribution is 0.0746. The van der Waals surface area contributed by atoms with Crippen molar-refractivity contribution in [3.63, 3.8) is 0 Å². The number of fused-ring (bicyclic) bond motifs is 1. The Morgan fingerprint density at radius 3 is 2.54 bits per heavy atom. The number of aryl methyl sites for hydroxylation is 1. The number of nitrogens with zero attached hydrogens (tertiary/aromatic N) is 5. The normalized spacial score (nSPS) is 14.9. The van der Waals surface area contributed by atoms with Crippen LogP contribution in [0.15, 0.2) is 36.5 Å². The maximum Gasteiger partial charge on any atom is 0.255 e. The topological polar surface area (TPSA) is 54.3 Å². The summed E-state index contributed by atoms with van der Waals surface area (Å²) in [6.45, 7) is 8.87. The fraction of sp³-hybridized carbons (Fsp3) is 0.381. The number of hydrogen-bond acceptors (Lipinski definition) is 4. The highest BCUT2D eigenvalue weighted by molar-refractivity contribution is 6.33. The Labute approximate surface area is 169 Å². The van der Waals surface area contributed by atoms with Crippen molar-refractivity contribution >= 4 is 34.2 Å². The molecule has 2 aromatic heterocycles. The number of amides is 1. The van der Waals surface area contributed by atoms with E-state index in [1.807, 2.05) is 46.8 Å². The molecule has 0 spiro atoms. The summed E-state index contributed by atoms with van der Waals surface area (Å²) in [7, 11) is 0. The Morgan fingerprint density at radius 2 is 1.86 bits per heavy atom. The molecule has 7 heteroatoms. The van der Waals surface area contributed by atoms with Crippen molar-refractivity contribution in [2.24, 2.45) is 0 Å². The summed E-state index contributed by atoms with van der Waals surface area (Å²) in [6, 6.07) is 9.99. The SMILES string of the molecule is Cc1nc2c(cnn2C(C)C)cc1C(=O)N1CCN(c2ccccc2Cl)CC1. The van der Waals surface area contributed by atoms with Gasteiger partial charge in [-0.25, -0.2) is 9.67 Å². The van der Waals surface area contributed by atoms with Crippen LogP contribution in [0.25, 0.3) is 11.0 Å². The number of halogens is 1. The highest BCUT2D eigenvalue weighted by Crippen LogP contribution is 2.27. The van der Waals surface area contributed by atoms with Gasteiger partial charge in [0.1, 0.15) is 0 Å². The minimum Gasteiger partial charge on any atom is -0.367 e. The van der Waals surface area contributed by atoms with E-state index in [1.165, 1.54) is 0 Å². The zero-order valence-electron chi connectivity index (χ0n) is 16.4. The van der Waals surface area contributed by atoms with Gasteiger partial charge in [0, 0.05) is 37.6 Å². The molecule has 1 aliphatic heterocycles. The van der Waals surface area contributed by atoms with Crippen LogP contribution in [0.2, 0.25) is 5.02 Å². The molecule has 3 aromatic rings. The molecule has 1 saturated heterocycles. The van der Waals surface area contributed by atoms with Gasteiger partial charge in [-0.1, -0.05) is 23.7 Å². The van der Waals surface area contributed by atoms with Gasteiger partial charge in [0.05, 0.1) is 28.2 Å². The van der Waals surface area contributed by atoms with Crippen LogP contribution < -0.4 is 4.90 Å². The van der Waals surface area contributed by atoms with E-state index >= 15 is 0 Å². The van der Waals surface area contributed by atoms with E-state index in [0.29, 0.717) is 18.7 Å². The van der Waals surface area contributed by atoms with Crippen molar-refractivity contribution in [3.8, 4) is 0 Å². The molecule has 1 aliphatic rings. The molecule has 3 heterocycles. The molecular weight excluding hydrogens is 374 g/mol. The third kappa shape index (κ3) is 3.33. The highest BCUT2D eigenvalue weighted by Gasteiger charge is 2.25. The van der Waals surface area contributed by atoms with Gasteiger partial charge in [0.2, 0.25) is 0 Å². The second kappa shape index (κ2) is 7.43. The Balaban J connectivity index is 1.53. The number of para-hydroxylation sites is 1. The monoisotopic (exact) mass is 397 g/mol. The third-order valence-corrected chi connectivity index (χ3v) is 5.56. The second-order valence-corrected chi connectivity index (χ2v) is 7.85. The number of rotatable bonds is 3. The van der Waals surface area contributed by atoms with Gasteiger partial charge in [-0.05, 0) is 39.0 Å². The molecule has 6 nitrogen and oxygen atoms in total. The van der Waals surface area contributed by atoms with Crippen LogP contribution in [0, 0.1) is 6.92 Å². The first-order valence-corrected chi connectivity index (χ1v) is 9.97. The van der Waals surface area contributed by atoms with E-state index in [-0.39, 0.29) is 11.9 Å². The minimum absolute atomic E-state index is 0.0306. The van der Waals surface area contributed by atoms with Gasteiger partial charge < -0.3 is 9.80 Å². The number of aromatic nitrogens is 3. The molecule has 4 rings (SSSR count). The van der Waals surface area contributed by atoms with E-state index in [2.05, 4.69) is 28.8 Å². The number of carbonyl (C=O) groups is 1. The molecule has 0 atom stereocenters. The van der Waals surface area contributed by atoms with Crippen molar-refractivity contribution < 1.29 is 4.79 Å². The van der Waals surface area contributed by atoms with Gasteiger partial charge in [-0.15, -0.1) is 0 Å². The molecule has 0 bridgehead atoms. The molecule has 146 valence electrons. The third-order valence-electron chi connectivity index (χ3n) is 5.24. The Morgan fingerprint density at radius 1 is 1.14 bits per heavy atom. The number of piperazine rings is 1. The molecular formula is C21H24ClN5O. The van der Waals surface area contributed by atoms with Gasteiger partial charge in [0.25, 0.3) is 5.91 Å². The summed E-state index contributed by atoms with van der Waals surface area (Å²) in [5.74, 6) is 0.0306. The van der Waals surface area contributed by atoms with E-state index in [4.69, 9.17) is 11.6 Å². The maximum absolute atomic E-state index is 13.1. The van der Waals surface area contributed by atoms with Crippen molar-refractivity contribution in [1.82, 2.24) is 19.7 Å². The quantitative estimate of drug-likeness (QED) is 0.671. The summed E-state index contributed by atoms with van der Waals surface area (Å²) in [6.07, 6.45) is 1.79. The van der Waals surface area contributed by atoms with Gasteiger partial charge in [0.15, 0.2) is 5.65 Å². The van der Waals surface area contributed by atoms with E-state index in [1.54, 1.807) is 6.20 Å². The second-order valence-electron chi connectivity index (χ2n) is 7.45. The maximum atomic E-state index is 13.1. The minimum atomic E-state index is 0.0306. The molecule has 1 fully saturated rings. The smallest absolute Gasteiger partial charge is 0.255 e. The fourth-order valence-corrected chi connectivity index (χ4v) is 3.94. The summed E-state index contributed by atoms with van der Waals surface area (Å²) in [5.41, 5.74) is 3.25. The predicted molar refractivity (Wildman–Crippen MR) is 112 cm³/mol. The van der Waals surface area contributed by atoms with Crippen molar-refractivity contribution in [1.29, 1.82) is 0 Å². The van der Waals surface area contributed by atoms with Crippen LogP contribution in [0.5, 0.6) is 0 Å². The summed E-state index contributed by atoms with van der Waals surface area (Å²) < 4.78 is 1.89. The van der Waals surface area contributed by atoms with Crippen LogP contribution in [-0.4, -0.2) is 51.8 Å². The van der Waals surface area contributed by atoms with Gasteiger partial charge in [-0.2, -0.15) is 5.10 Å². The lowest BCUT2D eigenvalue weighted by atomic mass is 10.1. The Kier molecular flexibility index (Phi) is 4.98. The van der Waals surface area contributed by atoms with Crippen molar-refractivity contribution in [2.45, 2.75) is 26.8 Å². The van der Waals surface area contributed by atoms with Gasteiger partial charge >= 0.3 is 0 Å². The largest absolute Gasteiger partial charge is 0.367 e. The number of benzene rings is 1. The first-order valence-electron chi connectivity index (χ1n) is 9.59. The van der Waals surface area contributed by atoms with Crippen molar-refractivity contribution in [3.05, 3.63) is 52.8 Å². The molecule has 0 N–H and O–H groups in total. The Bertz CT molecular complexity index is 1020. The van der Waals surface area contributed by atoms with Crippen LogP contribution >= 0.6 is 11.6 Å². The summed E-state index contributed by atoms with van der Waals surface area (Å²) in [5, 5.41) is 6.06. The highest BCUT2D eigenvalue weighted by atomic mass is 35.5. The fourth-order valence-electron chi connectivity index (χ4n) is 3.69. The molecule has 28 heavy (non-hydrogen) atoms. The average Bonchev–Trinajstić information content (AvgIpc) is 3.10. The molecule has 0 saturated carbocycles. The number of carbonyl (C=O) groups excluding carboxylic acids is 1. The van der Waals surface area contributed by atoms with E-state index in [9.17, 15) is 4.79 Å². The zero-order valence-corrected chi connectivity index (χ0v) is 17.1. The number of hydrogen-bond donors (Lipinski definition) is 0. The molecule has 0 radical (unpaired) electrons. The van der Waals surface area contributed by atoms with E-state index < -0.39 is 0 Å². The van der Waals surface area contributed by atoms with Gasteiger partial charge in [-0.3, -0.25) is 4.79 Å². The molecule has 0 unspecified atom stereocenters. The average molecular weight is 398 g/mol. The number of pyridine rings is 1. The van der Waals surface area contributed by atoms with Crippen LogP contribution in [-0.2, 0) is 0 Å². The molecule has 0 aliphatic carbocycles. The standard InChI is InChI=1S/C21H24ClN5O/c1-14(2)27-20-16(13-23-27)12-17(15(3)24-20)21(28)26-10-8-25(9-11-26)19-7-5-4-6-18(19)22/h4-7,12-14H,8-11H2,1-3H3. The predicted octanol–water partition coefficient (Wildman–Crippen LogP) is 3.94. The van der Waals surface area contributed by atoms with Crippen LogP contribution in [0.3, 0.4) is 0 Å². The van der Waals surface area contributed by atoms with Crippen LogP contribution in [0.4, 0.5) is 5.69 Å². The molecule has 1 aromatic carbocycles. The summed E-state index contributed by atoms with van der Waals surface area (Å²) in [4.78, 5) is 21.9. The zero-order chi connectivity index (χ0) is 19.8. The lowest BCUT2D eigenvalue weighted by Crippen LogP contribution is -2.49. The first-order chi connectivity index (χ1) is 13.5. The lowest BCUT2D eigenvalue weighted by Gasteiger charge is -2.36. The first kappa shape index (κ1) is 18.7. The molecule has 1 amide bonds. The Hall–Kier alpha value is -2.60. The summed E-state index contributed by atoms with van der Waals surface area (Å²) >= 11 is 6.31.